The van der Waals surface area contributed by atoms with Crippen molar-refractivity contribution >= 4 is 11.3 Å². The molecule has 138 valence electrons. The lowest BCUT2D eigenvalue weighted by atomic mass is 9.81. The van der Waals surface area contributed by atoms with E-state index in [-0.39, 0.29) is 16.4 Å². The van der Waals surface area contributed by atoms with Crippen molar-refractivity contribution < 1.29 is 9.47 Å². The van der Waals surface area contributed by atoms with Crippen molar-refractivity contribution in [3.63, 3.8) is 0 Å². The van der Waals surface area contributed by atoms with Gasteiger partial charge < -0.3 is 9.47 Å². The quantitative estimate of drug-likeness (QED) is 0.558. The lowest BCUT2D eigenvalue weighted by molar-refractivity contribution is 0.0989. The van der Waals surface area contributed by atoms with E-state index in [4.69, 9.17) is 9.47 Å². The highest BCUT2D eigenvalue weighted by Crippen LogP contribution is 2.56. The average Bonchev–Trinajstić information content (AvgIpc) is 2.84. The molecular weight excluding hydrogens is 316 g/mol. The third-order valence-electron chi connectivity index (χ3n) is 6.37. The van der Waals surface area contributed by atoms with Gasteiger partial charge in [-0.1, -0.05) is 41.5 Å². The molecule has 2 heterocycles. The van der Waals surface area contributed by atoms with Crippen LogP contribution < -0.4 is 9.47 Å². The van der Waals surface area contributed by atoms with E-state index in [1.807, 2.05) is 11.3 Å². The second-order valence-corrected chi connectivity index (χ2v) is 9.43. The van der Waals surface area contributed by atoms with Gasteiger partial charge in [0.2, 0.25) is 0 Å². The lowest BCUT2D eigenvalue weighted by Crippen LogP contribution is -2.29. The summed E-state index contributed by atoms with van der Waals surface area (Å²) in [6.45, 7) is 19.0. The fourth-order valence-electron chi connectivity index (χ4n) is 3.29. The first-order chi connectivity index (χ1) is 11.2. The van der Waals surface area contributed by atoms with Crippen LogP contribution in [0.1, 0.15) is 97.2 Å². The fourth-order valence-corrected chi connectivity index (χ4v) is 5.03. The Labute approximate surface area is 152 Å². The molecule has 1 aliphatic heterocycles. The van der Waals surface area contributed by atoms with Gasteiger partial charge in [-0.3, -0.25) is 0 Å². The third-order valence-corrected chi connectivity index (χ3v) is 8.13. The molecule has 0 aliphatic carbocycles. The summed E-state index contributed by atoms with van der Waals surface area (Å²) in [5.74, 6) is 2.08. The SMILES string of the molecule is CCC(C)(CC)c1sc(C(C)(CC)CC)c2c1OCCC(C)(C)O2. The van der Waals surface area contributed by atoms with Crippen LogP contribution in [-0.4, -0.2) is 12.2 Å². The summed E-state index contributed by atoms with van der Waals surface area (Å²) in [6, 6.07) is 0. The fraction of sp³-hybridized carbons (Fsp3) is 0.810. The Morgan fingerprint density at radius 2 is 1.33 bits per heavy atom. The van der Waals surface area contributed by atoms with Gasteiger partial charge >= 0.3 is 0 Å². The summed E-state index contributed by atoms with van der Waals surface area (Å²) in [6.07, 6.45) is 5.41. The van der Waals surface area contributed by atoms with E-state index in [9.17, 15) is 0 Å². The van der Waals surface area contributed by atoms with E-state index < -0.39 is 0 Å². The van der Waals surface area contributed by atoms with Crippen LogP contribution in [-0.2, 0) is 10.8 Å². The molecule has 0 fully saturated rings. The summed E-state index contributed by atoms with van der Waals surface area (Å²) in [7, 11) is 0. The van der Waals surface area contributed by atoms with Crippen LogP contribution in [0, 0.1) is 0 Å². The summed E-state index contributed by atoms with van der Waals surface area (Å²) in [4.78, 5) is 2.78. The Morgan fingerprint density at radius 3 is 1.79 bits per heavy atom. The van der Waals surface area contributed by atoms with E-state index in [1.165, 1.54) is 9.75 Å². The molecule has 1 aromatic rings. The first-order valence-corrected chi connectivity index (χ1v) is 10.5. The minimum Gasteiger partial charge on any atom is -0.488 e. The molecule has 0 N–H and O–H groups in total. The van der Waals surface area contributed by atoms with Crippen molar-refractivity contribution in [3.05, 3.63) is 9.75 Å². The Balaban J connectivity index is 2.71. The van der Waals surface area contributed by atoms with E-state index in [2.05, 4.69) is 55.4 Å². The Kier molecular flexibility index (Phi) is 5.64. The molecular formula is C21H36O2S. The topological polar surface area (TPSA) is 18.5 Å². The van der Waals surface area contributed by atoms with Crippen molar-refractivity contribution in [2.75, 3.05) is 6.61 Å². The van der Waals surface area contributed by atoms with Crippen molar-refractivity contribution in [3.8, 4) is 11.5 Å². The van der Waals surface area contributed by atoms with Crippen molar-refractivity contribution in [1.82, 2.24) is 0 Å². The van der Waals surface area contributed by atoms with Crippen LogP contribution in [0.5, 0.6) is 11.5 Å². The first-order valence-electron chi connectivity index (χ1n) is 9.66. The number of hydrogen-bond donors (Lipinski definition) is 0. The van der Waals surface area contributed by atoms with Crippen LogP contribution in [0.2, 0.25) is 0 Å². The normalized spacial score (nSPS) is 17.7. The number of rotatable bonds is 6. The van der Waals surface area contributed by atoms with E-state index in [1.54, 1.807) is 0 Å². The zero-order chi connectivity index (χ0) is 18.2. The van der Waals surface area contributed by atoms with Gasteiger partial charge in [0.05, 0.1) is 16.4 Å². The minimum atomic E-state index is -0.171. The van der Waals surface area contributed by atoms with Gasteiger partial charge in [-0.2, -0.15) is 0 Å². The highest BCUT2D eigenvalue weighted by molar-refractivity contribution is 7.13. The maximum absolute atomic E-state index is 6.58. The molecule has 1 aliphatic rings. The Morgan fingerprint density at radius 1 is 0.875 bits per heavy atom. The Bertz CT molecular complexity index is 563. The van der Waals surface area contributed by atoms with E-state index in [0.717, 1.165) is 50.2 Å². The van der Waals surface area contributed by atoms with Gasteiger partial charge in [-0.25, -0.2) is 0 Å². The number of fused-ring (bicyclic) bond motifs is 1. The molecule has 0 radical (unpaired) electrons. The standard InChI is InChI=1S/C21H36O2S/c1-9-20(7,10-2)17-15-16(23-19(5,6)13-14-22-15)18(24-17)21(8,11-3)12-4/h9-14H2,1-8H3. The van der Waals surface area contributed by atoms with Crippen LogP contribution in [0.4, 0.5) is 0 Å². The second-order valence-electron chi connectivity index (χ2n) is 8.41. The molecule has 0 aromatic carbocycles. The van der Waals surface area contributed by atoms with E-state index >= 15 is 0 Å². The van der Waals surface area contributed by atoms with Crippen molar-refractivity contribution in [1.29, 1.82) is 0 Å². The molecule has 2 rings (SSSR count). The predicted molar refractivity (Wildman–Crippen MR) is 105 cm³/mol. The molecule has 0 amide bonds. The summed E-state index contributed by atoms with van der Waals surface area (Å²) < 4.78 is 12.9. The van der Waals surface area contributed by atoms with Crippen LogP contribution in [0.3, 0.4) is 0 Å². The largest absolute Gasteiger partial charge is 0.488 e. The van der Waals surface area contributed by atoms with Gasteiger partial charge in [0.1, 0.15) is 5.60 Å². The molecule has 24 heavy (non-hydrogen) atoms. The second kappa shape index (κ2) is 6.90. The molecule has 0 saturated heterocycles. The molecule has 0 unspecified atom stereocenters. The van der Waals surface area contributed by atoms with Crippen LogP contribution in [0.25, 0.3) is 0 Å². The van der Waals surface area contributed by atoms with Gasteiger partial charge in [-0.05, 0) is 39.5 Å². The van der Waals surface area contributed by atoms with Crippen LogP contribution >= 0.6 is 11.3 Å². The Hall–Kier alpha value is -0.700. The molecule has 2 nitrogen and oxygen atoms in total. The predicted octanol–water partition coefficient (Wildman–Crippen LogP) is 6.84. The lowest BCUT2D eigenvalue weighted by Gasteiger charge is -2.30. The summed E-state index contributed by atoms with van der Waals surface area (Å²) >= 11 is 1.95. The zero-order valence-electron chi connectivity index (χ0n) is 17.0. The number of ether oxygens (including phenoxy) is 2. The first kappa shape index (κ1) is 19.6. The maximum atomic E-state index is 6.58. The number of hydrogen-bond acceptors (Lipinski definition) is 3. The van der Waals surface area contributed by atoms with Gasteiger partial charge in [0, 0.05) is 17.3 Å². The van der Waals surface area contributed by atoms with E-state index in [0.29, 0.717) is 0 Å². The van der Waals surface area contributed by atoms with Gasteiger partial charge in [-0.15, -0.1) is 11.3 Å². The highest BCUT2D eigenvalue weighted by atomic mass is 32.1. The van der Waals surface area contributed by atoms with Crippen LogP contribution in [0.15, 0.2) is 0 Å². The third kappa shape index (κ3) is 3.34. The van der Waals surface area contributed by atoms with Gasteiger partial charge in [0.25, 0.3) is 0 Å². The molecule has 1 aromatic heterocycles. The molecule has 0 bridgehead atoms. The van der Waals surface area contributed by atoms with Crippen molar-refractivity contribution in [2.45, 2.75) is 104 Å². The van der Waals surface area contributed by atoms with Gasteiger partial charge in [0.15, 0.2) is 11.5 Å². The van der Waals surface area contributed by atoms with Crippen molar-refractivity contribution in [2.24, 2.45) is 0 Å². The maximum Gasteiger partial charge on any atom is 0.176 e. The minimum absolute atomic E-state index is 0.152. The molecule has 0 spiro atoms. The monoisotopic (exact) mass is 352 g/mol. The average molecular weight is 353 g/mol. The summed E-state index contributed by atoms with van der Waals surface area (Å²) in [5, 5.41) is 0. The molecule has 0 atom stereocenters. The summed E-state index contributed by atoms with van der Waals surface area (Å²) in [5.41, 5.74) is 0.141. The number of thiophene rings is 1. The highest BCUT2D eigenvalue weighted by Gasteiger charge is 2.41. The molecule has 0 saturated carbocycles. The molecule has 3 heteroatoms. The zero-order valence-corrected chi connectivity index (χ0v) is 17.8. The smallest absolute Gasteiger partial charge is 0.176 e.